The summed E-state index contributed by atoms with van der Waals surface area (Å²) in [5.74, 6) is 0.881. The van der Waals surface area contributed by atoms with Crippen molar-refractivity contribution in [2.75, 3.05) is 18.8 Å². The molecule has 3 heterocycles. The van der Waals surface area contributed by atoms with E-state index < -0.39 is 23.2 Å². The topological polar surface area (TPSA) is 164 Å². The number of hydrogen-bond donors (Lipinski definition) is 3. The minimum absolute atomic E-state index is 0.0212. The molecule has 0 bridgehead atoms. The monoisotopic (exact) mass is 596 g/mol. The van der Waals surface area contributed by atoms with Crippen molar-refractivity contribution < 1.29 is 14.6 Å². The average molecular weight is 597 g/mol. The number of hydrogen-bond acceptors (Lipinski definition) is 9. The average Bonchev–Trinajstić information content (AvgIpc) is 3.28. The molecule has 1 amide bonds. The maximum atomic E-state index is 13.8. The standard InChI is InChI=1S/C32H36N8O4/c1-21(37-30(42)22(18-33)17-32(2,3)38-15-13-24(41)14-16-38)19-39-29-27(28(34)35-20-36-29)40(31(39)43)23-9-11-26(12-10-23)44-25-7-5-4-6-8-25/h4-12,17,20-21,24,41H,13-16,19H2,1-3H3,(H,37,42)(H2,34,35,36)/t21-/m0/s1. The van der Waals surface area contributed by atoms with Crippen LogP contribution >= 0.6 is 0 Å². The molecule has 228 valence electrons. The third-order valence-electron chi connectivity index (χ3n) is 7.78. The quantitative estimate of drug-likeness (QED) is 0.194. The molecule has 5 rings (SSSR count). The van der Waals surface area contributed by atoms with Crippen molar-refractivity contribution in [1.29, 1.82) is 5.26 Å². The lowest BCUT2D eigenvalue weighted by Crippen LogP contribution is -2.48. The number of fused-ring (bicyclic) bond motifs is 1. The molecule has 0 spiro atoms. The number of nitrogen functional groups attached to an aromatic ring is 1. The molecule has 0 aliphatic carbocycles. The number of nitrogens with one attached hydrogen (secondary N) is 1. The van der Waals surface area contributed by atoms with E-state index >= 15 is 0 Å². The number of nitrogens with two attached hydrogens (primary N) is 1. The second-order valence-corrected chi connectivity index (χ2v) is 11.5. The molecule has 1 fully saturated rings. The minimum Gasteiger partial charge on any atom is -0.457 e. The van der Waals surface area contributed by atoms with Crippen molar-refractivity contribution >= 4 is 22.9 Å². The summed E-state index contributed by atoms with van der Waals surface area (Å²) in [4.78, 5) is 37.5. The number of carbonyl (C=O) groups excluding carboxylic acids is 1. The van der Waals surface area contributed by atoms with Crippen LogP contribution in [0.5, 0.6) is 11.5 Å². The fourth-order valence-corrected chi connectivity index (χ4v) is 5.45. The van der Waals surface area contributed by atoms with Crippen LogP contribution in [-0.2, 0) is 11.3 Å². The lowest BCUT2D eigenvalue weighted by atomic mass is 9.95. The van der Waals surface area contributed by atoms with Crippen molar-refractivity contribution in [3.05, 3.63) is 83.1 Å². The number of aromatic nitrogens is 4. The molecule has 4 aromatic rings. The Morgan fingerprint density at radius 2 is 1.82 bits per heavy atom. The molecule has 1 atom stereocenters. The van der Waals surface area contributed by atoms with Crippen molar-refractivity contribution in [2.45, 2.75) is 57.8 Å². The molecule has 12 heteroatoms. The Labute approximate surface area is 255 Å². The summed E-state index contributed by atoms with van der Waals surface area (Å²) >= 11 is 0. The van der Waals surface area contributed by atoms with Gasteiger partial charge >= 0.3 is 5.69 Å². The Morgan fingerprint density at radius 3 is 2.48 bits per heavy atom. The number of imidazole rings is 1. The van der Waals surface area contributed by atoms with E-state index in [1.165, 1.54) is 15.5 Å². The van der Waals surface area contributed by atoms with Crippen molar-refractivity contribution in [2.24, 2.45) is 0 Å². The minimum atomic E-state index is -0.563. The molecule has 4 N–H and O–H groups in total. The highest BCUT2D eigenvalue weighted by Gasteiger charge is 2.30. The van der Waals surface area contributed by atoms with Gasteiger partial charge in [-0.1, -0.05) is 18.2 Å². The number of amides is 1. The molecule has 1 saturated heterocycles. The smallest absolute Gasteiger partial charge is 0.335 e. The summed E-state index contributed by atoms with van der Waals surface area (Å²) < 4.78 is 8.75. The van der Waals surface area contributed by atoms with Crippen molar-refractivity contribution in [1.82, 2.24) is 29.3 Å². The van der Waals surface area contributed by atoms with Crippen LogP contribution in [0.3, 0.4) is 0 Å². The highest BCUT2D eigenvalue weighted by atomic mass is 16.5. The van der Waals surface area contributed by atoms with Gasteiger partial charge in [0.1, 0.15) is 35.0 Å². The Balaban J connectivity index is 1.37. The number of benzene rings is 2. The third-order valence-corrected chi connectivity index (χ3v) is 7.78. The van der Waals surface area contributed by atoms with E-state index in [9.17, 15) is 20.0 Å². The number of anilines is 1. The number of aliphatic hydroxyl groups is 1. The van der Waals surface area contributed by atoms with Gasteiger partial charge in [-0.2, -0.15) is 5.26 Å². The van der Waals surface area contributed by atoms with Gasteiger partial charge in [0.25, 0.3) is 5.91 Å². The second kappa shape index (κ2) is 12.7. The van der Waals surface area contributed by atoms with Crippen LogP contribution in [0.15, 0.2) is 77.4 Å². The van der Waals surface area contributed by atoms with Gasteiger partial charge in [0, 0.05) is 31.2 Å². The predicted molar refractivity (Wildman–Crippen MR) is 166 cm³/mol. The third kappa shape index (κ3) is 6.49. The largest absolute Gasteiger partial charge is 0.457 e. The van der Waals surface area contributed by atoms with E-state index in [0.717, 1.165) is 0 Å². The molecule has 44 heavy (non-hydrogen) atoms. The van der Waals surface area contributed by atoms with Crippen LogP contribution in [0, 0.1) is 11.3 Å². The molecule has 12 nitrogen and oxygen atoms in total. The van der Waals surface area contributed by atoms with Gasteiger partial charge in [-0.05, 0) is 76.1 Å². The molecule has 0 saturated carbocycles. The zero-order valence-electron chi connectivity index (χ0n) is 25.0. The summed E-state index contributed by atoms with van der Waals surface area (Å²) in [5.41, 5.74) is 6.44. The first-order valence-corrected chi connectivity index (χ1v) is 14.5. The number of nitrogens with zero attached hydrogens (tertiary/aromatic N) is 6. The van der Waals surface area contributed by atoms with E-state index in [0.29, 0.717) is 54.3 Å². The Morgan fingerprint density at radius 1 is 1.16 bits per heavy atom. The first-order chi connectivity index (χ1) is 21.1. The van der Waals surface area contributed by atoms with E-state index in [-0.39, 0.29) is 24.0 Å². The van der Waals surface area contributed by atoms with Crippen LogP contribution in [0.2, 0.25) is 0 Å². The van der Waals surface area contributed by atoms with Crippen LogP contribution in [0.25, 0.3) is 16.9 Å². The summed E-state index contributed by atoms with van der Waals surface area (Å²) in [7, 11) is 0. The maximum Gasteiger partial charge on any atom is 0.335 e. The van der Waals surface area contributed by atoms with E-state index in [1.807, 2.05) is 50.2 Å². The summed E-state index contributed by atoms with van der Waals surface area (Å²) in [6, 6.07) is 17.8. The van der Waals surface area contributed by atoms with Gasteiger partial charge in [-0.25, -0.2) is 14.8 Å². The van der Waals surface area contributed by atoms with Crippen LogP contribution < -0.4 is 21.5 Å². The van der Waals surface area contributed by atoms with Gasteiger partial charge in [-0.3, -0.25) is 18.8 Å². The Kier molecular flexibility index (Phi) is 8.80. The fraction of sp³-hybridized carbons (Fsp3) is 0.344. The maximum absolute atomic E-state index is 13.8. The highest BCUT2D eigenvalue weighted by molar-refractivity contribution is 5.97. The fourth-order valence-electron chi connectivity index (χ4n) is 5.45. The molecule has 2 aromatic heterocycles. The Hall–Kier alpha value is -4.99. The normalized spacial score (nSPS) is 15.6. The van der Waals surface area contributed by atoms with Gasteiger partial charge in [0.05, 0.1) is 11.8 Å². The molecule has 0 unspecified atom stereocenters. The molecule has 2 aromatic carbocycles. The van der Waals surface area contributed by atoms with Crippen molar-refractivity contribution in [3.63, 3.8) is 0 Å². The molecular formula is C32H36N8O4. The van der Waals surface area contributed by atoms with Crippen molar-refractivity contribution in [3.8, 4) is 23.3 Å². The van der Waals surface area contributed by atoms with Gasteiger partial charge in [0.15, 0.2) is 11.5 Å². The molecule has 1 aliphatic rings. The first-order valence-electron chi connectivity index (χ1n) is 14.5. The van der Waals surface area contributed by atoms with Gasteiger partial charge in [0.2, 0.25) is 0 Å². The van der Waals surface area contributed by atoms with E-state index in [2.05, 4.69) is 20.2 Å². The molecule has 1 aliphatic heterocycles. The highest BCUT2D eigenvalue weighted by Crippen LogP contribution is 2.26. The lowest BCUT2D eigenvalue weighted by Gasteiger charge is -2.40. The number of nitriles is 1. The molecular weight excluding hydrogens is 560 g/mol. The zero-order valence-corrected chi connectivity index (χ0v) is 25.0. The summed E-state index contributed by atoms with van der Waals surface area (Å²) in [5, 5.41) is 22.5. The number of ether oxygens (including phenoxy) is 1. The van der Waals surface area contributed by atoms with Crippen LogP contribution in [0.1, 0.15) is 33.6 Å². The predicted octanol–water partition coefficient (Wildman–Crippen LogP) is 3.15. The second-order valence-electron chi connectivity index (χ2n) is 11.5. The van der Waals surface area contributed by atoms with Crippen LogP contribution in [0.4, 0.5) is 5.82 Å². The van der Waals surface area contributed by atoms with E-state index in [1.54, 1.807) is 37.3 Å². The number of para-hydroxylation sites is 1. The van der Waals surface area contributed by atoms with Gasteiger partial charge in [-0.15, -0.1) is 0 Å². The SMILES string of the molecule is C[C@@H](Cn1c(=O)n(-c2ccc(Oc3ccccc3)cc2)c2c(N)ncnc21)NC(=O)C(C#N)=CC(C)(C)N1CCC(O)CC1. The number of likely N-dealkylation sites (tertiary alicyclic amines) is 1. The number of aliphatic hydroxyl groups excluding tert-OH is 1. The Bertz CT molecular complexity index is 1760. The van der Waals surface area contributed by atoms with E-state index in [4.69, 9.17) is 10.5 Å². The lowest BCUT2D eigenvalue weighted by molar-refractivity contribution is -0.117. The molecule has 0 radical (unpaired) electrons. The summed E-state index contributed by atoms with van der Waals surface area (Å²) in [6.45, 7) is 7.05. The number of piperidine rings is 1. The van der Waals surface area contributed by atoms with Gasteiger partial charge < -0.3 is 20.9 Å². The number of rotatable bonds is 9. The summed E-state index contributed by atoms with van der Waals surface area (Å²) in [6.07, 6.45) is 3.91. The zero-order chi connectivity index (χ0) is 31.4. The first kappa shape index (κ1) is 30.5. The number of carbonyl (C=O) groups is 1. The van der Waals surface area contributed by atoms with Crippen LogP contribution in [-0.4, -0.2) is 65.8 Å².